The van der Waals surface area contributed by atoms with Crippen molar-refractivity contribution in [3.63, 3.8) is 0 Å². The topological polar surface area (TPSA) is 35.0 Å². The number of hydrogen-bond acceptors (Lipinski definition) is 4. The van der Waals surface area contributed by atoms with Gasteiger partial charge < -0.3 is 4.74 Å². The lowest BCUT2D eigenvalue weighted by molar-refractivity contribution is -0.141. The summed E-state index contributed by atoms with van der Waals surface area (Å²) >= 11 is 6.77. The van der Waals surface area contributed by atoms with E-state index >= 15 is 0 Å². The van der Waals surface area contributed by atoms with Gasteiger partial charge in [0.2, 0.25) is 5.88 Å². The highest BCUT2D eigenvalue weighted by Crippen LogP contribution is 2.34. The second-order valence-corrected chi connectivity index (χ2v) is 6.79. The van der Waals surface area contributed by atoms with Gasteiger partial charge in [0.25, 0.3) is 0 Å². The minimum Gasteiger partial charge on any atom is -0.437 e. The van der Waals surface area contributed by atoms with Crippen molar-refractivity contribution in [3.8, 4) is 11.6 Å². The molecule has 2 aromatic carbocycles. The maximum absolute atomic E-state index is 13.3. The maximum Gasteiger partial charge on any atom is 0.433 e. The van der Waals surface area contributed by atoms with E-state index in [1.54, 1.807) is 12.1 Å². The Labute approximate surface area is 165 Å². The number of aromatic nitrogens is 2. The van der Waals surface area contributed by atoms with Gasteiger partial charge in [0, 0.05) is 11.8 Å². The predicted octanol–water partition coefficient (Wildman–Crippen LogP) is 6.51. The van der Waals surface area contributed by atoms with Gasteiger partial charge >= 0.3 is 6.18 Å². The van der Waals surface area contributed by atoms with Crippen LogP contribution in [0.2, 0.25) is 5.02 Å². The zero-order chi connectivity index (χ0) is 20.3. The van der Waals surface area contributed by atoms with Crippen molar-refractivity contribution < 1.29 is 26.7 Å². The van der Waals surface area contributed by atoms with Gasteiger partial charge in [0.15, 0.2) is 22.5 Å². The molecule has 0 N–H and O–H groups in total. The summed E-state index contributed by atoms with van der Waals surface area (Å²) in [6.07, 6.45) is -4.72. The number of halogens is 6. The molecule has 146 valence electrons. The van der Waals surface area contributed by atoms with E-state index in [2.05, 4.69) is 9.97 Å². The molecule has 1 aromatic heterocycles. The molecule has 0 saturated heterocycles. The average Bonchev–Trinajstić information content (AvgIpc) is 2.64. The summed E-state index contributed by atoms with van der Waals surface area (Å²) in [6.45, 7) is 0. The Morgan fingerprint density at radius 1 is 0.964 bits per heavy atom. The van der Waals surface area contributed by atoms with Gasteiger partial charge in [-0.1, -0.05) is 41.6 Å². The third-order valence-electron chi connectivity index (χ3n) is 3.38. The first-order chi connectivity index (χ1) is 13.2. The minimum atomic E-state index is -4.72. The Bertz CT molecular complexity index is 1000. The summed E-state index contributed by atoms with van der Waals surface area (Å²) in [4.78, 5) is 7.41. The van der Waals surface area contributed by atoms with Gasteiger partial charge in [-0.2, -0.15) is 18.2 Å². The van der Waals surface area contributed by atoms with E-state index in [9.17, 15) is 22.0 Å². The van der Waals surface area contributed by atoms with Crippen molar-refractivity contribution in [1.82, 2.24) is 9.97 Å². The first-order valence-electron chi connectivity index (χ1n) is 7.68. The Hall–Kier alpha value is -2.39. The number of rotatable bonds is 5. The molecule has 0 saturated carbocycles. The van der Waals surface area contributed by atoms with E-state index in [4.69, 9.17) is 16.3 Å². The molecule has 0 aliphatic heterocycles. The van der Waals surface area contributed by atoms with Crippen LogP contribution in [-0.2, 0) is 11.9 Å². The summed E-state index contributed by atoms with van der Waals surface area (Å²) in [5.41, 5.74) is -0.837. The number of alkyl halides is 3. The Kier molecular flexibility index (Phi) is 6.04. The van der Waals surface area contributed by atoms with E-state index < -0.39 is 23.5 Å². The molecule has 28 heavy (non-hydrogen) atoms. The molecule has 3 nitrogen and oxygen atoms in total. The largest absolute Gasteiger partial charge is 0.437 e. The lowest BCUT2D eigenvalue weighted by atomic mass is 10.2. The molecular weight excluding hydrogens is 423 g/mol. The molecular formula is C18H10ClF5N2OS. The smallest absolute Gasteiger partial charge is 0.433 e. The second kappa shape index (κ2) is 8.32. The molecule has 0 radical (unpaired) electrons. The van der Waals surface area contributed by atoms with Gasteiger partial charge in [-0.05, 0) is 29.8 Å². The van der Waals surface area contributed by atoms with Crippen LogP contribution in [0.3, 0.4) is 0 Å². The average molecular weight is 433 g/mol. The molecule has 0 bridgehead atoms. The lowest BCUT2D eigenvalue weighted by Crippen LogP contribution is -2.10. The van der Waals surface area contributed by atoms with E-state index in [0.717, 1.165) is 23.9 Å². The standard InChI is InChI=1S/C18H10ClF5N2OS/c19-11-3-1-2-4-14(11)27-16-8-15(18(22,23)24)25-17(26-16)28-9-10-5-6-12(20)13(21)7-10/h1-8H,9H2. The van der Waals surface area contributed by atoms with Gasteiger partial charge in [-0.3, -0.25) is 0 Å². The van der Waals surface area contributed by atoms with Crippen LogP contribution in [0.15, 0.2) is 53.7 Å². The molecule has 1 heterocycles. The van der Waals surface area contributed by atoms with E-state index in [1.165, 1.54) is 18.2 Å². The number of hydrogen-bond donors (Lipinski definition) is 0. The third-order valence-corrected chi connectivity index (χ3v) is 4.61. The quantitative estimate of drug-likeness (QED) is 0.261. The predicted molar refractivity (Wildman–Crippen MR) is 94.5 cm³/mol. The summed E-state index contributed by atoms with van der Waals surface area (Å²) in [5.74, 6) is -2.25. The molecule has 0 fully saturated rings. The highest BCUT2D eigenvalue weighted by molar-refractivity contribution is 7.98. The second-order valence-electron chi connectivity index (χ2n) is 5.44. The zero-order valence-corrected chi connectivity index (χ0v) is 15.4. The van der Waals surface area contributed by atoms with Crippen LogP contribution < -0.4 is 4.74 Å². The van der Waals surface area contributed by atoms with E-state index in [1.807, 2.05) is 0 Å². The van der Waals surface area contributed by atoms with Gasteiger partial charge in [-0.15, -0.1) is 0 Å². The molecule has 10 heteroatoms. The number of thioether (sulfide) groups is 1. The number of nitrogens with zero attached hydrogens (tertiary/aromatic N) is 2. The zero-order valence-electron chi connectivity index (χ0n) is 13.8. The number of benzene rings is 2. The minimum absolute atomic E-state index is 0.0318. The molecule has 0 aliphatic carbocycles. The van der Waals surface area contributed by atoms with Crippen molar-refractivity contribution in [2.45, 2.75) is 17.1 Å². The van der Waals surface area contributed by atoms with Crippen molar-refractivity contribution in [3.05, 3.63) is 76.4 Å². The molecule has 0 spiro atoms. The summed E-state index contributed by atoms with van der Waals surface area (Å²) < 4.78 is 71.1. The van der Waals surface area contributed by atoms with Crippen LogP contribution in [0.1, 0.15) is 11.3 Å². The summed E-state index contributed by atoms with van der Waals surface area (Å²) in [7, 11) is 0. The van der Waals surface area contributed by atoms with Gasteiger partial charge in [0.05, 0.1) is 5.02 Å². The molecule has 3 rings (SSSR count). The monoisotopic (exact) mass is 432 g/mol. The van der Waals surface area contributed by atoms with Gasteiger partial charge in [0.1, 0.15) is 5.75 Å². The van der Waals surface area contributed by atoms with Crippen LogP contribution in [-0.4, -0.2) is 9.97 Å². The van der Waals surface area contributed by atoms with Crippen LogP contribution in [0.5, 0.6) is 11.6 Å². The number of para-hydroxylation sites is 1. The van der Waals surface area contributed by atoms with Crippen molar-refractivity contribution >= 4 is 23.4 Å². The Morgan fingerprint density at radius 3 is 2.39 bits per heavy atom. The molecule has 0 unspecified atom stereocenters. The van der Waals surface area contributed by atoms with Gasteiger partial charge in [-0.25, -0.2) is 13.8 Å². The van der Waals surface area contributed by atoms with Crippen molar-refractivity contribution in [2.24, 2.45) is 0 Å². The highest BCUT2D eigenvalue weighted by atomic mass is 35.5. The first-order valence-corrected chi connectivity index (χ1v) is 9.04. The summed E-state index contributed by atoms with van der Waals surface area (Å²) in [6, 6.07) is 10.1. The van der Waals surface area contributed by atoms with Crippen LogP contribution in [0.25, 0.3) is 0 Å². The Balaban J connectivity index is 1.87. The molecule has 0 atom stereocenters. The molecule has 3 aromatic rings. The fourth-order valence-electron chi connectivity index (χ4n) is 2.08. The summed E-state index contributed by atoms with van der Waals surface area (Å²) in [5, 5.41) is -0.0349. The first kappa shape index (κ1) is 20.3. The van der Waals surface area contributed by atoms with E-state index in [0.29, 0.717) is 11.6 Å². The lowest BCUT2D eigenvalue weighted by Gasteiger charge is -2.11. The molecule has 0 aliphatic rings. The van der Waals surface area contributed by atoms with Crippen LogP contribution >= 0.6 is 23.4 Å². The Morgan fingerprint density at radius 2 is 1.71 bits per heavy atom. The fourth-order valence-corrected chi connectivity index (χ4v) is 3.05. The SMILES string of the molecule is Fc1ccc(CSc2nc(Oc3ccccc3Cl)cc(C(F)(F)F)n2)cc1F. The van der Waals surface area contributed by atoms with E-state index in [-0.39, 0.29) is 27.6 Å². The fraction of sp³-hybridized carbons (Fsp3) is 0.111. The maximum atomic E-state index is 13.3. The van der Waals surface area contributed by atoms with Crippen molar-refractivity contribution in [2.75, 3.05) is 0 Å². The van der Waals surface area contributed by atoms with Crippen LogP contribution in [0.4, 0.5) is 22.0 Å². The highest BCUT2D eigenvalue weighted by Gasteiger charge is 2.34. The number of ether oxygens (including phenoxy) is 1. The molecule has 0 amide bonds. The van der Waals surface area contributed by atoms with Crippen molar-refractivity contribution in [1.29, 1.82) is 0 Å². The normalized spacial score (nSPS) is 11.5. The van der Waals surface area contributed by atoms with Crippen LogP contribution in [0, 0.1) is 11.6 Å². The third kappa shape index (κ3) is 5.11.